The highest BCUT2D eigenvalue weighted by atomic mass is 32.3. The maximum Gasteiger partial charge on any atom is 0.374 e. The van der Waals surface area contributed by atoms with Crippen molar-refractivity contribution in [2.45, 2.75) is 12.5 Å². The Morgan fingerprint density at radius 2 is 1.57 bits per heavy atom. The van der Waals surface area contributed by atoms with Crippen LogP contribution in [0.3, 0.4) is 0 Å². The molecule has 1 atom stereocenters. The van der Waals surface area contributed by atoms with E-state index in [9.17, 15) is 12.3 Å². The van der Waals surface area contributed by atoms with E-state index in [1.54, 1.807) is 0 Å². The Labute approximate surface area is 136 Å². The lowest BCUT2D eigenvalue weighted by Gasteiger charge is -2.35. The average molecular weight is 337 g/mol. The SMILES string of the molecule is COC(CN(C)S(=O)(=O)F)(c1ccccc1)c1ccc(C)cc1. The van der Waals surface area contributed by atoms with Gasteiger partial charge in [0.2, 0.25) is 0 Å². The van der Waals surface area contributed by atoms with Crippen LogP contribution in [0.25, 0.3) is 0 Å². The molecule has 0 saturated carbocycles. The molecule has 0 aliphatic carbocycles. The highest BCUT2D eigenvalue weighted by molar-refractivity contribution is 7.83. The third-order valence-electron chi connectivity index (χ3n) is 3.92. The van der Waals surface area contributed by atoms with Crippen molar-refractivity contribution in [1.82, 2.24) is 4.31 Å². The molecule has 1 unspecified atom stereocenters. The first-order valence-corrected chi connectivity index (χ1v) is 8.47. The fraction of sp³-hybridized carbons (Fsp3) is 0.294. The third-order valence-corrected chi connectivity index (χ3v) is 4.80. The van der Waals surface area contributed by atoms with Crippen molar-refractivity contribution in [3.63, 3.8) is 0 Å². The molecular weight excluding hydrogens is 317 g/mol. The van der Waals surface area contributed by atoms with Crippen LogP contribution in [-0.2, 0) is 20.7 Å². The molecule has 2 rings (SSSR count). The van der Waals surface area contributed by atoms with Crippen molar-refractivity contribution in [1.29, 1.82) is 0 Å². The Balaban J connectivity index is 2.60. The summed E-state index contributed by atoms with van der Waals surface area (Å²) in [5.41, 5.74) is 1.48. The highest BCUT2D eigenvalue weighted by Crippen LogP contribution is 2.34. The second-order valence-electron chi connectivity index (χ2n) is 5.46. The molecule has 0 bridgehead atoms. The zero-order valence-electron chi connectivity index (χ0n) is 13.4. The molecule has 0 aliphatic rings. The van der Waals surface area contributed by atoms with Gasteiger partial charge in [-0.1, -0.05) is 64.0 Å². The minimum atomic E-state index is -4.82. The largest absolute Gasteiger partial charge is 0.374 e. The molecule has 0 amide bonds. The van der Waals surface area contributed by atoms with Crippen LogP contribution in [0, 0.1) is 6.92 Å². The van der Waals surface area contributed by atoms with Gasteiger partial charge in [-0.25, -0.2) is 0 Å². The van der Waals surface area contributed by atoms with Crippen molar-refractivity contribution < 1.29 is 17.0 Å². The molecule has 0 radical (unpaired) electrons. The van der Waals surface area contributed by atoms with Crippen LogP contribution in [0.1, 0.15) is 16.7 Å². The molecule has 0 N–H and O–H groups in total. The van der Waals surface area contributed by atoms with Gasteiger partial charge in [0.05, 0.1) is 6.54 Å². The highest BCUT2D eigenvalue weighted by Gasteiger charge is 2.38. The van der Waals surface area contributed by atoms with E-state index < -0.39 is 16.0 Å². The summed E-state index contributed by atoms with van der Waals surface area (Å²) in [6.45, 7) is 1.79. The maximum absolute atomic E-state index is 13.4. The van der Waals surface area contributed by atoms with Gasteiger partial charge in [0, 0.05) is 14.2 Å². The average Bonchev–Trinajstić information content (AvgIpc) is 2.53. The molecule has 124 valence electrons. The molecule has 23 heavy (non-hydrogen) atoms. The molecule has 0 heterocycles. The smallest absolute Gasteiger partial charge is 0.367 e. The summed E-state index contributed by atoms with van der Waals surface area (Å²) in [5.74, 6) is 0. The van der Waals surface area contributed by atoms with Crippen molar-refractivity contribution in [3.8, 4) is 0 Å². The number of likely N-dealkylation sites (N-methyl/N-ethyl adjacent to an activating group) is 1. The van der Waals surface area contributed by atoms with Crippen LogP contribution in [0.2, 0.25) is 0 Å². The Morgan fingerprint density at radius 1 is 1.04 bits per heavy atom. The number of aryl methyl sites for hydroxylation is 1. The van der Waals surface area contributed by atoms with Gasteiger partial charge in [0.1, 0.15) is 5.60 Å². The van der Waals surface area contributed by atoms with E-state index in [0.29, 0.717) is 4.31 Å². The summed E-state index contributed by atoms with van der Waals surface area (Å²) < 4.78 is 42.3. The number of hydrogen-bond donors (Lipinski definition) is 0. The Morgan fingerprint density at radius 3 is 2.04 bits per heavy atom. The summed E-state index contributed by atoms with van der Waals surface area (Å²) in [7, 11) is -2.13. The second-order valence-corrected chi connectivity index (χ2v) is 6.91. The quantitative estimate of drug-likeness (QED) is 0.761. The fourth-order valence-corrected chi connectivity index (χ4v) is 2.91. The molecule has 0 saturated heterocycles. The van der Waals surface area contributed by atoms with Gasteiger partial charge in [-0.15, -0.1) is 0 Å². The van der Waals surface area contributed by atoms with E-state index in [2.05, 4.69) is 0 Å². The van der Waals surface area contributed by atoms with Crippen LogP contribution < -0.4 is 0 Å². The molecule has 0 fully saturated rings. The van der Waals surface area contributed by atoms with Gasteiger partial charge in [-0.2, -0.15) is 12.7 Å². The minimum absolute atomic E-state index is 0.171. The van der Waals surface area contributed by atoms with Gasteiger partial charge in [-0.3, -0.25) is 0 Å². The molecule has 4 nitrogen and oxygen atoms in total. The number of benzene rings is 2. The number of rotatable bonds is 6. The number of halogens is 1. The van der Waals surface area contributed by atoms with E-state index in [4.69, 9.17) is 4.74 Å². The van der Waals surface area contributed by atoms with Crippen molar-refractivity contribution in [3.05, 3.63) is 71.3 Å². The predicted octanol–water partition coefficient (Wildman–Crippen LogP) is 3.03. The van der Waals surface area contributed by atoms with E-state index in [1.165, 1.54) is 14.2 Å². The monoisotopic (exact) mass is 337 g/mol. The van der Waals surface area contributed by atoms with Crippen LogP contribution in [-0.4, -0.2) is 33.4 Å². The molecule has 0 spiro atoms. The van der Waals surface area contributed by atoms with Crippen molar-refractivity contribution in [2.75, 3.05) is 20.7 Å². The number of ether oxygens (including phenoxy) is 1. The topological polar surface area (TPSA) is 46.6 Å². The van der Waals surface area contributed by atoms with Gasteiger partial charge in [-0.05, 0) is 18.1 Å². The first-order chi connectivity index (χ1) is 10.8. The molecule has 0 aromatic heterocycles. The maximum atomic E-state index is 13.4. The summed E-state index contributed by atoms with van der Waals surface area (Å²) in [4.78, 5) is 0. The second kappa shape index (κ2) is 6.78. The summed E-state index contributed by atoms with van der Waals surface area (Å²) in [6.07, 6.45) is 0. The van der Waals surface area contributed by atoms with E-state index in [-0.39, 0.29) is 6.54 Å². The van der Waals surface area contributed by atoms with Crippen molar-refractivity contribution >= 4 is 10.4 Å². The van der Waals surface area contributed by atoms with Gasteiger partial charge in [0.15, 0.2) is 0 Å². The normalized spacial score (nSPS) is 14.7. The van der Waals surface area contributed by atoms with E-state index >= 15 is 0 Å². The third kappa shape index (κ3) is 3.77. The number of nitrogens with zero attached hydrogens (tertiary/aromatic N) is 1. The Hall–Kier alpha value is -1.76. The van der Waals surface area contributed by atoms with Crippen LogP contribution >= 0.6 is 0 Å². The zero-order valence-corrected chi connectivity index (χ0v) is 14.2. The lowest BCUT2D eigenvalue weighted by atomic mass is 9.85. The van der Waals surface area contributed by atoms with Crippen LogP contribution in [0.15, 0.2) is 54.6 Å². The van der Waals surface area contributed by atoms with Crippen LogP contribution in [0.4, 0.5) is 3.89 Å². The van der Waals surface area contributed by atoms with Gasteiger partial charge >= 0.3 is 10.4 Å². The number of hydrogen-bond acceptors (Lipinski definition) is 3. The first kappa shape index (κ1) is 17.6. The van der Waals surface area contributed by atoms with E-state index in [1.807, 2.05) is 61.5 Å². The molecule has 2 aromatic carbocycles. The van der Waals surface area contributed by atoms with Gasteiger partial charge in [0.25, 0.3) is 0 Å². The Kier molecular flexibility index (Phi) is 5.19. The fourth-order valence-electron chi connectivity index (χ4n) is 2.57. The lowest BCUT2D eigenvalue weighted by Crippen LogP contribution is -2.43. The zero-order chi connectivity index (χ0) is 17.1. The minimum Gasteiger partial charge on any atom is -0.367 e. The Bertz CT molecular complexity index is 747. The first-order valence-electron chi connectivity index (χ1n) is 7.13. The summed E-state index contributed by atoms with van der Waals surface area (Å²) >= 11 is 0. The lowest BCUT2D eigenvalue weighted by molar-refractivity contribution is 0.00984. The summed E-state index contributed by atoms with van der Waals surface area (Å²) in [5, 5.41) is 0. The van der Waals surface area contributed by atoms with Gasteiger partial charge < -0.3 is 4.74 Å². The van der Waals surface area contributed by atoms with Crippen LogP contribution in [0.5, 0.6) is 0 Å². The molecule has 2 aromatic rings. The predicted molar refractivity (Wildman–Crippen MR) is 88.1 cm³/mol. The molecule has 0 aliphatic heterocycles. The summed E-state index contributed by atoms with van der Waals surface area (Å²) in [6, 6.07) is 16.8. The molecular formula is C17H20FNO3S. The molecule has 6 heteroatoms. The number of methoxy groups -OCH3 is 1. The standard InChI is InChI=1S/C17H20FNO3S/c1-14-9-11-16(12-10-14)17(22-3,13-19(2)23(18,20)21)15-7-5-4-6-8-15/h4-12H,13H2,1-3H3. The van der Waals surface area contributed by atoms with E-state index in [0.717, 1.165) is 16.7 Å². The van der Waals surface area contributed by atoms with Crippen molar-refractivity contribution in [2.24, 2.45) is 0 Å².